The van der Waals surface area contributed by atoms with E-state index in [1.54, 1.807) is 29.2 Å². The third-order valence-electron chi connectivity index (χ3n) is 5.06. The molecule has 1 aliphatic rings. The van der Waals surface area contributed by atoms with Gasteiger partial charge < -0.3 is 14.5 Å². The molecule has 2 aromatic carbocycles. The highest BCUT2D eigenvalue weighted by Gasteiger charge is 2.24. The smallest absolute Gasteiger partial charge is 0.269 e. The molecule has 3 rings (SSSR count). The third-order valence-corrected chi connectivity index (χ3v) is 6.79. The van der Waals surface area contributed by atoms with Gasteiger partial charge in [0.15, 0.2) is 9.84 Å². The van der Waals surface area contributed by atoms with Crippen molar-refractivity contribution >= 4 is 27.1 Å². The number of rotatable bonds is 7. The van der Waals surface area contributed by atoms with Crippen molar-refractivity contribution in [2.24, 2.45) is 0 Å². The summed E-state index contributed by atoms with van der Waals surface area (Å²) >= 11 is 0. The fourth-order valence-electron chi connectivity index (χ4n) is 3.28. The number of piperazine rings is 1. The number of hydrogen-bond acceptors (Lipinski definition) is 7. The van der Waals surface area contributed by atoms with E-state index < -0.39 is 14.8 Å². The molecule has 10 heteroatoms. The molecular formula is C20H23N3O6S. The summed E-state index contributed by atoms with van der Waals surface area (Å²) in [6.07, 6.45) is -0.0775. The molecule has 0 N–H and O–H groups in total. The Morgan fingerprint density at radius 1 is 1.03 bits per heavy atom. The molecule has 0 spiro atoms. The van der Waals surface area contributed by atoms with Gasteiger partial charge in [0.2, 0.25) is 5.91 Å². The molecule has 9 nitrogen and oxygen atoms in total. The van der Waals surface area contributed by atoms with Crippen LogP contribution in [0, 0.1) is 10.1 Å². The minimum atomic E-state index is -3.55. The first kappa shape index (κ1) is 21.6. The molecule has 0 saturated carbocycles. The van der Waals surface area contributed by atoms with E-state index >= 15 is 0 Å². The van der Waals surface area contributed by atoms with Crippen LogP contribution in [-0.2, 0) is 14.6 Å². The Morgan fingerprint density at radius 3 is 2.17 bits per heavy atom. The number of sulfone groups is 1. The number of carbonyl (C=O) groups excluding carboxylic acids is 1. The van der Waals surface area contributed by atoms with Gasteiger partial charge in [-0.1, -0.05) is 0 Å². The van der Waals surface area contributed by atoms with Crippen LogP contribution in [0.25, 0.3) is 0 Å². The normalized spacial score (nSPS) is 14.4. The van der Waals surface area contributed by atoms with Crippen molar-refractivity contribution in [2.75, 3.05) is 43.9 Å². The Balaban J connectivity index is 1.51. The Hall–Kier alpha value is -3.14. The number of benzene rings is 2. The lowest BCUT2D eigenvalue weighted by Gasteiger charge is -2.36. The lowest BCUT2D eigenvalue weighted by molar-refractivity contribution is -0.384. The zero-order chi connectivity index (χ0) is 21.7. The van der Waals surface area contributed by atoms with Gasteiger partial charge in [-0.25, -0.2) is 8.42 Å². The van der Waals surface area contributed by atoms with Crippen molar-refractivity contribution in [2.45, 2.75) is 11.3 Å². The zero-order valence-corrected chi connectivity index (χ0v) is 17.4. The molecule has 1 aliphatic heterocycles. The van der Waals surface area contributed by atoms with Crippen molar-refractivity contribution in [1.29, 1.82) is 0 Å². The number of carbonyl (C=O) groups is 1. The zero-order valence-electron chi connectivity index (χ0n) is 16.6. The highest BCUT2D eigenvalue weighted by atomic mass is 32.2. The van der Waals surface area contributed by atoms with Crippen molar-refractivity contribution in [3.05, 3.63) is 58.6 Å². The fourth-order valence-corrected chi connectivity index (χ4v) is 4.51. The molecule has 2 aromatic rings. The summed E-state index contributed by atoms with van der Waals surface area (Å²) < 4.78 is 30.0. The van der Waals surface area contributed by atoms with E-state index in [0.717, 1.165) is 5.69 Å². The van der Waals surface area contributed by atoms with Crippen LogP contribution in [-0.4, -0.2) is 63.2 Å². The van der Waals surface area contributed by atoms with Gasteiger partial charge in [0.1, 0.15) is 5.75 Å². The van der Waals surface area contributed by atoms with Gasteiger partial charge in [0.25, 0.3) is 5.69 Å². The maximum Gasteiger partial charge on any atom is 0.269 e. The van der Waals surface area contributed by atoms with E-state index in [1.165, 1.54) is 31.4 Å². The average Bonchev–Trinajstić information content (AvgIpc) is 2.77. The van der Waals surface area contributed by atoms with Gasteiger partial charge in [0.05, 0.1) is 22.7 Å². The number of nitro groups is 1. The number of nitro benzene ring substituents is 1. The maximum absolute atomic E-state index is 12.5. The van der Waals surface area contributed by atoms with Gasteiger partial charge in [-0.05, 0) is 36.4 Å². The van der Waals surface area contributed by atoms with Crippen LogP contribution in [0.5, 0.6) is 5.75 Å². The van der Waals surface area contributed by atoms with E-state index in [0.29, 0.717) is 31.9 Å². The number of amides is 1. The minimum absolute atomic E-state index is 0.0330. The molecule has 160 valence electrons. The number of methoxy groups -OCH3 is 1. The summed E-state index contributed by atoms with van der Waals surface area (Å²) in [4.78, 5) is 26.7. The van der Waals surface area contributed by atoms with Crippen LogP contribution >= 0.6 is 0 Å². The summed E-state index contributed by atoms with van der Waals surface area (Å²) in [5.41, 5.74) is 0.889. The standard InChI is InChI=1S/C20H23N3O6S/c1-29-18-6-8-19(9-7-18)30(27,28)15-10-20(24)22-13-11-21(12-14-22)16-2-4-17(5-3-16)23(25)26/h2-9H,10-15H2,1H3. The van der Waals surface area contributed by atoms with E-state index in [9.17, 15) is 23.3 Å². The predicted octanol–water partition coefficient (Wildman–Crippen LogP) is 2.12. The maximum atomic E-state index is 12.5. The first-order chi connectivity index (χ1) is 14.3. The van der Waals surface area contributed by atoms with Gasteiger partial charge in [-0.2, -0.15) is 0 Å². The van der Waals surface area contributed by atoms with Gasteiger partial charge in [0, 0.05) is 50.4 Å². The molecule has 0 aromatic heterocycles. The Labute approximate surface area is 174 Å². The van der Waals surface area contributed by atoms with Crippen molar-refractivity contribution in [3.63, 3.8) is 0 Å². The highest BCUT2D eigenvalue weighted by Crippen LogP contribution is 2.21. The summed E-state index contributed by atoms with van der Waals surface area (Å²) in [5, 5.41) is 10.8. The third kappa shape index (κ3) is 5.07. The molecule has 0 radical (unpaired) electrons. The molecule has 1 saturated heterocycles. The quantitative estimate of drug-likeness (QED) is 0.486. The summed E-state index contributed by atoms with van der Waals surface area (Å²) in [7, 11) is -2.05. The summed E-state index contributed by atoms with van der Waals surface area (Å²) in [6, 6.07) is 12.4. The number of hydrogen-bond donors (Lipinski definition) is 0. The van der Waals surface area contributed by atoms with Crippen molar-refractivity contribution in [1.82, 2.24) is 4.90 Å². The number of non-ortho nitro benzene ring substituents is 1. The van der Waals surface area contributed by atoms with E-state index in [2.05, 4.69) is 0 Å². The highest BCUT2D eigenvalue weighted by molar-refractivity contribution is 7.91. The minimum Gasteiger partial charge on any atom is -0.497 e. The molecule has 0 aliphatic carbocycles. The Kier molecular flexibility index (Phi) is 6.56. The molecule has 0 atom stereocenters. The first-order valence-electron chi connectivity index (χ1n) is 9.44. The van der Waals surface area contributed by atoms with E-state index in [1.807, 2.05) is 4.90 Å². The molecule has 1 fully saturated rings. The topological polar surface area (TPSA) is 110 Å². The number of nitrogens with zero attached hydrogens (tertiary/aromatic N) is 3. The Bertz CT molecular complexity index is 998. The first-order valence-corrected chi connectivity index (χ1v) is 11.1. The monoisotopic (exact) mass is 433 g/mol. The SMILES string of the molecule is COc1ccc(S(=O)(=O)CCC(=O)N2CCN(c3ccc([N+](=O)[O-])cc3)CC2)cc1. The molecule has 0 unspecified atom stereocenters. The summed E-state index contributed by atoms with van der Waals surface area (Å²) in [6.45, 7) is 2.10. The largest absolute Gasteiger partial charge is 0.497 e. The Morgan fingerprint density at radius 2 is 1.63 bits per heavy atom. The van der Waals surface area contributed by atoms with Gasteiger partial charge >= 0.3 is 0 Å². The van der Waals surface area contributed by atoms with Crippen molar-refractivity contribution in [3.8, 4) is 5.75 Å². The van der Waals surface area contributed by atoms with Crippen LogP contribution in [0.15, 0.2) is 53.4 Å². The van der Waals surface area contributed by atoms with Gasteiger partial charge in [-0.15, -0.1) is 0 Å². The van der Waals surface area contributed by atoms with Crippen LogP contribution in [0.3, 0.4) is 0 Å². The molecule has 1 heterocycles. The van der Waals surface area contributed by atoms with Crippen molar-refractivity contribution < 1.29 is 22.9 Å². The molecular weight excluding hydrogens is 410 g/mol. The fraction of sp³-hybridized carbons (Fsp3) is 0.350. The van der Waals surface area contributed by atoms with Crippen LogP contribution in [0.4, 0.5) is 11.4 Å². The van der Waals surface area contributed by atoms with E-state index in [4.69, 9.17) is 4.74 Å². The van der Waals surface area contributed by atoms with Crippen LogP contribution in [0.1, 0.15) is 6.42 Å². The van der Waals surface area contributed by atoms with E-state index in [-0.39, 0.29) is 28.7 Å². The molecule has 0 bridgehead atoms. The second kappa shape index (κ2) is 9.12. The summed E-state index contributed by atoms with van der Waals surface area (Å²) in [5.74, 6) is 0.118. The van der Waals surface area contributed by atoms with Crippen LogP contribution in [0.2, 0.25) is 0 Å². The molecule has 30 heavy (non-hydrogen) atoms. The predicted molar refractivity (Wildman–Crippen MR) is 112 cm³/mol. The van der Waals surface area contributed by atoms with Crippen LogP contribution < -0.4 is 9.64 Å². The number of anilines is 1. The lowest BCUT2D eigenvalue weighted by atomic mass is 10.2. The second-order valence-corrected chi connectivity index (χ2v) is 8.99. The number of ether oxygens (including phenoxy) is 1. The van der Waals surface area contributed by atoms with Gasteiger partial charge in [-0.3, -0.25) is 14.9 Å². The molecule has 1 amide bonds. The second-order valence-electron chi connectivity index (χ2n) is 6.89. The lowest BCUT2D eigenvalue weighted by Crippen LogP contribution is -2.49. The average molecular weight is 433 g/mol.